The summed E-state index contributed by atoms with van der Waals surface area (Å²) in [5, 5.41) is 16.4. The number of aryl methyl sites for hydroxylation is 1. The van der Waals surface area contributed by atoms with E-state index < -0.39 is 23.7 Å². The number of anilines is 3. The third kappa shape index (κ3) is 6.05. The van der Waals surface area contributed by atoms with Crippen LogP contribution in [0.5, 0.6) is 6.01 Å². The molecule has 0 amide bonds. The highest BCUT2D eigenvalue weighted by Gasteiger charge is 2.29. The Morgan fingerprint density at radius 2 is 1.93 bits per heavy atom. The van der Waals surface area contributed by atoms with Gasteiger partial charge in [0.05, 0.1) is 11.5 Å². The first-order chi connectivity index (χ1) is 14.2. The highest BCUT2D eigenvalue weighted by Crippen LogP contribution is 2.22. The second-order valence-corrected chi connectivity index (χ2v) is 5.97. The lowest BCUT2D eigenvalue weighted by Gasteiger charge is -2.11. The molecule has 0 fully saturated rings. The van der Waals surface area contributed by atoms with Gasteiger partial charge in [0.1, 0.15) is 11.5 Å². The van der Waals surface area contributed by atoms with Crippen molar-refractivity contribution in [3.8, 4) is 6.01 Å². The molecule has 2 N–H and O–H groups in total. The summed E-state index contributed by atoms with van der Waals surface area (Å²) in [6, 6.07) is 8.33. The number of halogens is 3. The molecule has 0 aliphatic heterocycles. The molecule has 0 radical (unpaired) electrons. The van der Waals surface area contributed by atoms with Crippen molar-refractivity contribution >= 4 is 23.3 Å². The number of non-ortho nitro benzene ring substituents is 1. The van der Waals surface area contributed by atoms with Crippen LogP contribution in [0.4, 0.5) is 36.4 Å². The number of aromatic nitrogens is 3. The first-order valence-electron chi connectivity index (χ1n) is 8.44. The maximum Gasteiger partial charge on any atom is 0.422 e. The molecule has 0 saturated heterocycles. The molecule has 3 rings (SSSR count). The maximum atomic E-state index is 12.5. The Labute approximate surface area is 167 Å². The molecule has 30 heavy (non-hydrogen) atoms. The fraction of sp³-hybridized carbons (Fsp3) is 0.235. The smallest absolute Gasteiger partial charge is 0.422 e. The van der Waals surface area contributed by atoms with Crippen molar-refractivity contribution < 1.29 is 27.2 Å². The summed E-state index contributed by atoms with van der Waals surface area (Å²) in [7, 11) is 0. The van der Waals surface area contributed by atoms with Crippen LogP contribution in [0.1, 0.15) is 11.5 Å². The zero-order valence-electron chi connectivity index (χ0n) is 15.4. The number of ether oxygens (including phenoxy) is 1. The van der Waals surface area contributed by atoms with Crippen LogP contribution in [0.25, 0.3) is 0 Å². The van der Waals surface area contributed by atoms with Crippen molar-refractivity contribution in [2.75, 3.05) is 17.2 Å². The zero-order chi connectivity index (χ0) is 21.7. The molecular weight excluding hydrogens is 409 g/mol. The van der Waals surface area contributed by atoms with E-state index in [-0.39, 0.29) is 29.8 Å². The minimum absolute atomic E-state index is 0.0795. The number of nitrogens with zero attached hydrogens (tertiary/aromatic N) is 4. The van der Waals surface area contributed by atoms with E-state index in [1.807, 2.05) is 0 Å². The Morgan fingerprint density at radius 1 is 1.17 bits per heavy atom. The Kier molecular flexibility index (Phi) is 5.99. The molecule has 3 aromatic rings. The van der Waals surface area contributed by atoms with Gasteiger partial charge in [-0.1, -0.05) is 6.07 Å². The lowest BCUT2D eigenvalue weighted by Crippen LogP contribution is -2.20. The standard InChI is InChI=1S/C17H15F3N6O4/c1-10-5-6-13(30-10)8-21-14-23-15(25-16(24-14)29-9-17(18,19)20)22-11-3-2-4-12(7-11)26(27)28/h2-7H,8-9H2,1H3,(H2,21,22,23,24,25). The normalized spacial score (nSPS) is 11.2. The van der Waals surface area contributed by atoms with Crippen molar-refractivity contribution in [2.45, 2.75) is 19.6 Å². The first kappa shape index (κ1) is 20.8. The average molecular weight is 424 g/mol. The van der Waals surface area contributed by atoms with Gasteiger partial charge in [0.25, 0.3) is 5.69 Å². The fourth-order valence-electron chi connectivity index (χ4n) is 2.28. The fourth-order valence-corrected chi connectivity index (χ4v) is 2.28. The summed E-state index contributed by atoms with van der Waals surface area (Å²) >= 11 is 0. The van der Waals surface area contributed by atoms with Crippen molar-refractivity contribution in [3.05, 3.63) is 58.0 Å². The minimum atomic E-state index is -4.58. The zero-order valence-corrected chi connectivity index (χ0v) is 15.4. The minimum Gasteiger partial charge on any atom is -0.465 e. The number of nitrogens with one attached hydrogen (secondary N) is 2. The first-order valence-corrected chi connectivity index (χ1v) is 8.44. The van der Waals surface area contributed by atoms with Crippen LogP contribution < -0.4 is 15.4 Å². The van der Waals surface area contributed by atoms with Gasteiger partial charge in [-0.25, -0.2) is 0 Å². The van der Waals surface area contributed by atoms with Crippen LogP contribution in [0.3, 0.4) is 0 Å². The third-order valence-corrected chi connectivity index (χ3v) is 3.51. The molecule has 2 heterocycles. The predicted octanol–water partition coefficient (Wildman–Crippen LogP) is 3.98. The predicted molar refractivity (Wildman–Crippen MR) is 98.5 cm³/mol. The Hall–Kier alpha value is -3.90. The summed E-state index contributed by atoms with van der Waals surface area (Å²) in [5.41, 5.74) is 0.0684. The molecule has 0 unspecified atom stereocenters. The molecule has 0 aliphatic carbocycles. The number of benzene rings is 1. The van der Waals surface area contributed by atoms with E-state index in [1.165, 1.54) is 24.3 Å². The Morgan fingerprint density at radius 3 is 2.60 bits per heavy atom. The molecule has 158 valence electrons. The topological polar surface area (TPSA) is 128 Å². The monoisotopic (exact) mass is 424 g/mol. The van der Waals surface area contributed by atoms with Gasteiger partial charge in [0.2, 0.25) is 11.9 Å². The number of nitro benzene ring substituents is 1. The molecular formula is C17H15F3N6O4. The molecule has 1 aromatic carbocycles. The van der Waals surface area contributed by atoms with Gasteiger partial charge in [0, 0.05) is 17.8 Å². The SMILES string of the molecule is Cc1ccc(CNc2nc(Nc3cccc([N+](=O)[O-])c3)nc(OCC(F)(F)F)n2)o1. The van der Waals surface area contributed by atoms with Crippen LogP contribution in [0, 0.1) is 17.0 Å². The van der Waals surface area contributed by atoms with Gasteiger partial charge < -0.3 is 19.8 Å². The van der Waals surface area contributed by atoms with Gasteiger partial charge in [-0.15, -0.1) is 0 Å². The van der Waals surface area contributed by atoms with E-state index in [9.17, 15) is 23.3 Å². The van der Waals surface area contributed by atoms with Crippen LogP contribution in [0.15, 0.2) is 40.8 Å². The van der Waals surface area contributed by atoms with E-state index in [2.05, 4.69) is 30.3 Å². The molecule has 13 heteroatoms. The van der Waals surface area contributed by atoms with E-state index in [4.69, 9.17) is 4.42 Å². The molecule has 0 atom stereocenters. The largest absolute Gasteiger partial charge is 0.465 e. The quantitative estimate of drug-likeness (QED) is 0.407. The summed E-state index contributed by atoms with van der Waals surface area (Å²) in [5.74, 6) is 0.994. The van der Waals surface area contributed by atoms with Crippen LogP contribution in [-0.2, 0) is 6.54 Å². The summed E-state index contributed by atoms with van der Waals surface area (Å²) in [6.07, 6.45) is -4.58. The van der Waals surface area contributed by atoms with Gasteiger partial charge in [0.15, 0.2) is 6.61 Å². The number of hydrogen-bond acceptors (Lipinski definition) is 9. The van der Waals surface area contributed by atoms with Gasteiger partial charge in [-0.2, -0.15) is 28.1 Å². The highest BCUT2D eigenvalue weighted by molar-refractivity contribution is 5.58. The second-order valence-electron chi connectivity index (χ2n) is 5.97. The number of alkyl halides is 3. The molecule has 0 aliphatic rings. The number of rotatable bonds is 8. The maximum absolute atomic E-state index is 12.5. The molecule has 0 spiro atoms. The molecule has 2 aromatic heterocycles. The van der Waals surface area contributed by atoms with Crippen molar-refractivity contribution in [3.63, 3.8) is 0 Å². The summed E-state index contributed by atoms with van der Waals surface area (Å²) in [6.45, 7) is 0.327. The lowest BCUT2D eigenvalue weighted by atomic mass is 10.3. The second kappa shape index (κ2) is 8.63. The van der Waals surface area contributed by atoms with E-state index >= 15 is 0 Å². The van der Waals surface area contributed by atoms with Crippen LogP contribution >= 0.6 is 0 Å². The van der Waals surface area contributed by atoms with Crippen molar-refractivity contribution in [1.29, 1.82) is 0 Å². The van der Waals surface area contributed by atoms with Gasteiger partial charge in [-0.3, -0.25) is 10.1 Å². The number of hydrogen-bond donors (Lipinski definition) is 2. The summed E-state index contributed by atoms with van der Waals surface area (Å²) in [4.78, 5) is 21.9. The van der Waals surface area contributed by atoms with Gasteiger partial charge in [-0.05, 0) is 25.1 Å². The third-order valence-electron chi connectivity index (χ3n) is 3.51. The van der Waals surface area contributed by atoms with E-state index in [0.717, 1.165) is 0 Å². The van der Waals surface area contributed by atoms with Crippen LogP contribution in [-0.4, -0.2) is 32.7 Å². The lowest BCUT2D eigenvalue weighted by molar-refractivity contribution is -0.384. The van der Waals surface area contributed by atoms with Crippen molar-refractivity contribution in [1.82, 2.24) is 15.0 Å². The molecule has 0 saturated carbocycles. The van der Waals surface area contributed by atoms with E-state index in [0.29, 0.717) is 11.5 Å². The van der Waals surface area contributed by atoms with E-state index in [1.54, 1.807) is 19.1 Å². The highest BCUT2D eigenvalue weighted by atomic mass is 19.4. The number of furan rings is 1. The molecule has 10 nitrogen and oxygen atoms in total. The van der Waals surface area contributed by atoms with Crippen LogP contribution in [0.2, 0.25) is 0 Å². The molecule has 0 bridgehead atoms. The van der Waals surface area contributed by atoms with Crippen molar-refractivity contribution in [2.24, 2.45) is 0 Å². The number of nitro groups is 1. The Bertz CT molecular complexity index is 1040. The van der Waals surface area contributed by atoms with Gasteiger partial charge >= 0.3 is 12.2 Å². The summed E-state index contributed by atoms with van der Waals surface area (Å²) < 4.78 is 47.4. The Balaban J connectivity index is 1.82. The average Bonchev–Trinajstić information content (AvgIpc) is 3.10.